The van der Waals surface area contributed by atoms with Crippen LogP contribution in [0.1, 0.15) is 27.2 Å². The molecule has 3 saturated heterocycles. The first-order valence-electron chi connectivity index (χ1n) is 14.0. The molecule has 20 nitrogen and oxygen atoms in total. The topological polar surface area (TPSA) is 312 Å². The molecule has 3 aliphatic rings. The zero-order chi connectivity index (χ0) is 33.8. The Kier molecular flexibility index (Phi) is 12.6. The molecule has 0 aromatic carbocycles. The number of hydrogen-bond donors (Lipinski definition) is 11. The number of carbonyl (C=O) groups is 4. The summed E-state index contributed by atoms with van der Waals surface area (Å²) in [4.78, 5) is 47.6. The largest absolute Gasteiger partial charge is 0.477 e. The highest BCUT2D eigenvalue weighted by Gasteiger charge is 2.59. The molecule has 0 aliphatic carbocycles. The number of rotatable bonds is 12. The highest BCUT2D eigenvalue weighted by Crippen LogP contribution is 2.37. The van der Waals surface area contributed by atoms with Crippen molar-refractivity contribution in [3.63, 3.8) is 0 Å². The molecule has 0 aromatic rings. The minimum atomic E-state index is -2.91. The lowest BCUT2D eigenvalue weighted by atomic mass is 9.87. The first-order valence-corrected chi connectivity index (χ1v) is 14.0. The maximum Gasteiger partial charge on any atom is 0.364 e. The van der Waals surface area contributed by atoms with Gasteiger partial charge in [-0.1, -0.05) is 0 Å². The van der Waals surface area contributed by atoms with Gasteiger partial charge >= 0.3 is 5.97 Å². The SMILES string of the molecule is CC(=O)N[C@H]1[C@@H]([C@H](NC=O)[C@@H](O)CO)O[C@@](O[C@@H]2[C@@H](O)[C@H](O[C@H]3[C@@H](O)[C@@H](C)OC(O)[C@@H]3NC(C)=O)OC[C@H]2O)(C(=O)O)C[C@H]1O. The van der Waals surface area contributed by atoms with Crippen molar-refractivity contribution < 1.29 is 83.7 Å². The van der Waals surface area contributed by atoms with Crippen molar-refractivity contribution in [3.8, 4) is 0 Å². The van der Waals surface area contributed by atoms with E-state index in [1.165, 1.54) is 6.92 Å². The highest BCUT2D eigenvalue weighted by atomic mass is 16.8. The fraction of sp³-hybridized carbons (Fsp3) is 0.840. The van der Waals surface area contributed by atoms with E-state index in [0.717, 1.165) is 13.8 Å². The van der Waals surface area contributed by atoms with Crippen LogP contribution in [-0.2, 0) is 42.9 Å². The molecule has 3 aliphatic heterocycles. The van der Waals surface area contributed by atoms with Gasteiger partial charge in [-0.25, -0.2) is 4.79 Å². The van der Waals surface area contributed by atoms with E-state index in [1.54, 1.807) is 0 Å². The van der Waals surface area contributed by atoms with Crippen molar-refractivity contribution >= 4 is 24.2 Å². The van der Waals surface area contributed by atoms with Crippen molar-refractivity contribution in [1.82, 2.24) is 16.0 Å². The van der Waals surface area contributed by atoms with Gasteiger partial charge in [-0.15, -0.1) is 0 Å². The second-order valence-electron chi connectivity index (χ2n) is 11.1. The number of carbonyl (C=O) groups excluding carboxylic acids is 3. The Morgan fingerprint density at radius 1 is 1.00 bits per heavy atom. The molecule has 0 aromatic heterocycles. The summed E-state index contributed by atoms with van der Waals surface area (Å²) in [6, 6.07) is -4.42. The van der Waals surface area contributed by atoms with Crippen LogP contribution >= 0.6 is 0 Å². The van der Waals surface area contributed by atoms with Crippen LogP contribution in [-0.4, -0.2) is 170 Å². The molecule has 0 bridgehead atoms. The van der Waals surface area contributed by atoms with E-state index in [4.69, 9.17) is 23.7 Å². The van der Waals surface area contributed by atoms with Gasteiger partial charge in [-0.05, 0) is 6.92 Å². The van der Waals surface area contributed by atoms with Gasteiger partial charge in [0, 0.05) is 20.3 Å². The number of carboxylic acids is 1. The second-order valence-corrected chi connectivity index (χ2v) is 11.1. The summed E-state index contributed by atoms with van der Waals surface area (Å²) in [5, 5.41) is 90.9. The molecule has 258 valence electrons. The third kappa shape index (κ3) is 8.22. The molecule has 3 fully saturated rings. The lowest BCUT2D eigenvalue weighted by molar-refractivity contribution is -0.365. The van der Waals surface area contributed by atoms with Crippen molar-refractivity contribution in [1.29, 1.82) is 0 Å². The summed E-state index contributed by atoms with van der Waals surface area (Å²) in [6.07, 6.45) is -19.2. The molecule has 0 saturated carbocycles. The molecule has 3 rings (SSSR count). The minimum absolute atomic E-state index is 0.104. The molecular weight excluding hydrogens is 614 g/mol. The summed E-state index contributed by atoms with van der Waals surface area (Å²) >= 11 is 0. The number of carboxylic acid groups (broad SMARTS) is 1. The third-order valence-electron chi connectivity index (χ3n) is 7.73. The molecule has 1 unspecified atom stereocenters. The Labute approximate surface area is 256 Å². The normalized spacial score (nSPS) is 41.7. The molecule has 3 heterocycles. The summed E-state index contributed by atoms with van der Waals surface area (Å²) in [5.41, 5.74) is 0. The average molecular weight is 656 g/mol. The van der Waals surface area contributed by atoms with Crippen LogP contribution in [0.5, 0.6) is 0 Å². The van der Waals surface area contributed by atoms with Crippen LogP contribution in [0.4, 0.5) is 0 Å². The fourth-order valence-electron chi connectivity index (χ4n) is 5.55. The Hall–Kier alpha value is -2.60. The molecule has 0 spiro atoms. The van der Waals surface area contributed by atoms with Gasteiger partial charge in [-0.3, -0.25) is 14.4 Å². The molecule has 11 N–H and O–H groups in total. The second kappa shape index (κ2) is 15.3. The molecule has 0 radical (unpaired) electrons. The maximum absolute atomic E-state index is 12.7. The molecule has 15 atom stereocenters. The van der Waals surface area contributed by atoms with Gasteiger partial charge in [0.15, 0.2) is 12.6 Å². The standard InChI is InChI=1S/C25H41N3O17/c1-8-17(36)21(16(22(38)42-8)28-10(3)32)43-23-18(37)19(13(35)6-41-23)44-25(24(39)40)4-11(33)15(27-9(2)31)20(45-25)14(26-7-30)12(34)5-29/h7-8,11-23,29,33-38H,4-6H2,1-3H3,(H,26,30)(H,27,31)(H,28,32)(H,39,40)/t8-,11-,12+,13-,14-,15-,16-,17+,18-,19+,20-,21-,22?,23+,25-/m1/s1. The first-order chi connectivity index (χ1) is 21.1. The zero-order valence-electron chi connectivity index (χ0n) is 24.5. The minimum Gasteiger partial charge on any atom is -0.477 e. The maximum atomic E-state index is 12.7. The Morgan fingerprint density at radius 2 is 1.62 bits per heavy atom. The highest BCUT2D eigenvalue weighted by molar-refractivity contribution is 5.77. The van der Waals surface area contributed by atoms with Crippen molar-refractivity contribution in [2.45, 2.75) is 119 Å². The quantitative estimate of drug-likeness (QED) is 0.0870. The molecular formula is C25H41N3O17. The summed E-state index contributed by atoms with van der Waals surface area (Å²) in [6.45, 7) is 2.00. The van der Waals surface area contributed by atoms with Crippen LogP contribution < -0.4 is 16.0 Å². The molecule has 20 heteroatoms. The number of nitrogens with one attached hydrogen (secondary N) is 3. The number of aliphatic hydroxyl groups excluding tert-OH is 7. The lowest BCUT2D eigenvalue weighted by Crippen LogP contribution is -2.71. The first kappa shape index (κ1) is 36.9. The summed E-state index contributed by atoms with van der Waals surface area (Å²) < 4.78 is 27.7. The van der Waals surface area contributed by atoms with Gasteiger partial charge in [0.2, 0.25) is 18.2 Å². The van der Waals surface area contributed by atoms with Gasteiger partial charge in [-0.2, -0.15) is 0 Å². The van der Waals surface area contributed by atoms with Gasteiger partial charge in [0.1, 0.15) is 42.7 Å². The monoisotopic (exact) mass is 655 g/mol. The predicted octanol–water partition coefficient (Wildman–Crippen LogP) is -6.66. The Morgan fingerprint density at radius 3 is 2.18 bits per heavy atom. The van der Waals surface area contributed by atoms with Crippen molar-refractivity contribution in [2.75, 3.05) is 13.2 Å². The zero-order valence-corrected chi connectivity index (χ0v) is 24.5. The number of amides is 3. The van der Waals surface area contributed by atoms with Crippen LogP contribution in [0.3, 0.4) is 0 Å². The van der Waals surface area contributed by atoms with E-state index in [0.29, 0.717) is 0 Å². The molecule has 45 heavy (non-hydrogen) atoms. The van der Waals surface area contributed by atoms with Crippen molar-refractivity contribution in [3.05, 3.63) is 0 Å². The number of hydrogen-bond acceptors (Lipinski definition) is 16. The predicted molar refractivity (Wildman–Crippen MR) is 141 cm³/mol. The van der Waals surface area contributed by atoms with E-state index < -0.39 is 129 Å². The van der Waals surface area contributed by atoms with Gasteiger partial charge in [0.25, 0.3) is 5.79 Å². The number of aliphatic carboxylic acids is 1. The summed E-state index contributed by atoms with van der Waals surface area (Å²) in [5.74, 6) is -6.13. The Bertz CT molecular complexity index is 1050. The smallest absolute Gasteiger partial charge is 0.364 e. The third-order valence-corrected chi connectivity index (χ3v) is 7.73. The number of ether oxygens (including phenoxy) is 5. The number of aliphatic hydroxyl groups is 7. The van der Waals surface area contributed by atoms with E-state index in [9.17, 15) is 60.0 Å². The average Bonchev–Trinajstić information content (AvgIpc) is 2.96. The van der Waals surface area contributed by atoms with Crippen LogP contribution in [0, 0.1) is 0 Å². The van der Waals surface area contributed by atoms with E-state index in [1.807, 2.05) is 0 Å². The van der Waals surface area contributed by atoms with Crippen LogP contribution in [0.15, 0.2) is 0 Å². The van der Waals surface area contributed by atoms with Gasteiger partial charge < -0.3 is 80.5 Å². The van der Waals surface area contributed by atoms with Crippen LogP contribution in [0.2, 0.25) is 0 Å². The Balaban J connectivity index is 1.93. The van der Waals surface area contributed by atoms with E-state index >= 15 is 0 Å². The van der Waals surface area contributed by atoms with E-state index in [-0.39, 0.29) is 6.41 Å². The summed E-state index contributed by atoms with van der Waals surface area (Å²) in [7, 11) is 0. The molecule has 3 amide bonds. The lowest BCUT2D eigenvalue weighted by Gasteiger charge is -2.50. The fourth-order valence-corrected chi connectivity index (χ4v) is 5.55. The van der Waals surface area contributed by atoms with Crippen LogP contribution in [0.25, 0.3) is 0 Å². The van der Waals surface area contributed by atoms with Gasteiger partial charge in [0.05, 0.1) is 43.6 Å². The van der Waals surface area contributed by atoms with Crippen molar-refractivity contribution in [2.24, 2.45) is 0 Å². The van der Waals surface area contributed by atoms with E-state index in [2.05, 4.69) is 16.0 Å².